The first-order valence-corrected chi connectivity index (χ1v) is 4.88. The van der Waals surface area contributed by atoms with Crippen LogP contribution in [0, 0.1) is 0 Å². The fraction of sp³-hybridized carbons (Fsp3) is 0.857. The summed E-state index contributed by atoms with van der Waals surface area (Å²) in [5.74, 6) is 0.130. The Bertz CT molecular complexity index is 181. The highest BCUT2D eigenvalue weighted by Gasteiger charge is 2.48. The zero-order valence-electron chi connectivity index (χ0n) is 7.07. The fourth-order valence-corrected chi connectivity index (χ4v) is 2.11. The molecule has 2 atom stereocenters. The van der Waals surface area contributed by atoms with E-state index in [1.54, 1.807) is 14.1 Å². The maximum Gasteiger partial charge on any atom is 0.328 e. The third-order valence-corrected chi connectivity index (χ3v) is 3.26. The zero-order valence-corrected chi connectivity index (χ0v) is 7.89. The number of hydrogen-bond donors (Lipinski definition) is 1. The summed E-state index contributed by atoms with van der Waals surface area (Å²) in [5.41, 5.74) is 0. The van der Waals surface area contributed by atoms with E-state index in [-0.39, 0.29) is 15.6 Å². The van der Waals surface area contributed by atoms with Crippen molar-refractivity contribution >= 4 is 17.7 Å². The Labute approximate surface area is 71.0 Å². The highest BCUT2D eigenvalue weighted by Crippen LogP contribution is 2.29. The van der Waals surface area contributed by atoms with Crippen molar-refractivity contribution in [1.82, 2.24) is 0 Å². The van der Waals surface area contributed by atoms with Crippen molar-refractivity contribution in [2.75, 3.05) is 20.4 Å². The number of nitrogens with zero attached hydrogens (tertiary/aromatic N) is 1. The predicted octanol–water partition coefficient (Wildman–Crippen LogP) is 0.0431. The van der Waals surface area contributed by atoms with Crippen LogP contribution < -0.4 is 0 Å². The predicted molar refractivity (Wildman–Crippen MR) is 45.0 cm³/mol. The first kappa shape index (κ1) is 9.03. The van der Waals surface area contributed by atoms with Gasteiger partial charge in [-0.05, 0) is 6.26 Å². The SMILES string of the molecule is CSC1CC(O)[N+](C)(C)C1=O. The molecule has 0 radical (unpaired) electrons. The molecule has 3 nitrogen and oxygen atoms in total. The maximum atomic E-state index is 11.5. The number of hydrogen-bond acceptors (Lipinski definition) is 3. The minimum atomic E-state index is -0.514. The van der Waals surface area contributed by atoms with Gasteiger partial charge < -0.3 is 5.11 Å². The Kier molecular flexibility index (Phi) is 2.27. The number of likely N-dealkylation sites (tertiary alicyclic amines) is 1. The number of rotatable bonds is 1. The van der Waals surface area contributed by atoms with E-state index in [4.69, 9.17) is 0 Å². The molecule has 1 amide bonds. The molecular weight excluding hydrogens is 162 g/mol. The first-order chi connectivity index (χ1) is 5.00. The number of aliphatic hydroxyl groups excluding tert-OH is 1. The molecule has 4 heteroatoms. The summed E-state index contributed by atoms with van der Waals surface area (Å²) in [4.78, 5) is 11.5. The van der Waals surface area contributed by atoms with Crippen LogP contribution in [0.25, 0.3) is 0 Å². The van der Waals surface area contributed by atoms with E-state index in [1.165, 1.54) is 11.8 Å². The fourth-order valence-electron chi connectivity index (χ4n) is 1.27. The van der Waals surface area contributed by atoms with Gasteiger partial charge in [0.1, 0.15) is 5.25 Å². The average molecular weight is 176 g/mol. The maximum absolute atomic E-state index is 11.5. The van der Waals surface area contributed by atoms with Gasteiger partial charge in [0.25, 0.3) is 0 Å². The highest BCUT2D eigenvalue weighted by atomic mass is 32.2. The number of carbonyl (C=O) groups excluding carboxylic acids is 1. The first-order valence-electron chi connectivity index (χ1n) is 3.59. The van der Waals surface area contributed by atoms with Gasteiger partial charge in [0, 0.05) is 0 Å². The van der Waals surface area contributed by atoms with E-state index in [0.717, 1.165) is 0 Å². The van der Waals surface area contributed by atoms with Crippen LogP contribution >= 0.6 is 11.8 Å². The molecule has 0 aromatic heterocycles. The Hall–Kier alpha value is -0.0600. The van der Waals surface area contributed by atoms with Crippen LogP contribution in [0.3, 0.4) is 0 Å². The van der Waals surface area contributed by atoms with Crippen molar-refractivity contribution in [2.24, 2.45) is 0 Å². The third-order valence-electron chi connectivity index (χ3n) is 2.30. The Morgan fingerprint density at radius 3 is 2.36 bits per heavy atom. The van der Waals surface area contributed by atoms with Gasteiger partial charge in [0.15, 0.2) is 6.23 Å². The minimum absolute atomic E-state index is 0.0139. The van der Waals surface area contributed by atoms with Gasteiger partial charge in [-0.25, -0.2) is 9.28 Å². The monoisotopic (exact) mass is 176 g/mol. The smallest absolute Gasteiger partial charge is 0.328 e. The summed E-state index contributed by atoms with van der Waals surface area (Å²) in [6.07, 6.45) is 1.98. The summed E-state index contributed by atoms with van der Waals surface area (Å²) in [7, 11) is 3.51. The van der Waals surface area contributed by atoms with Crippen LogP contribution in [0.2, 0.25) is 0 Å². The molecule has 11 heavy (non-hydrogen) atoms. The van der Waals surface area contributed by atoms with E-state index in [0.29, 0.717) is 6.42 Å². The summed E-state index contributed by atoms with van der Waals surface area (Å²) in [6.45, 7) is 0. The van der Waals surface area contributed by atoms with Gasteiger partial charge in [0.2, 0.25) is 0 Å². The van der Waals surface area contributed by atoms with Crippen LogP contribution in [-0.4, -0.2) is 47.3 Å². The van der Waals surface area contributed by atoms with E-state index >= 15 is 0 Å². The molecule has 1 N–H and O–H groups in total. The molecule has 0 aromatic carbocycles. The second-order valence-electron chi connectivity index (χ2n) is 3.32. The Balaban J connectivity index is 2.80. The van der Waals surface area contributed by atoms with E-state index in [9.17, 15) is 9.90 Å². The van der Waals surface area contributed by atoms with Gasteiger partial charge in [-0.2, -0.15) is 0 Å². The summed E-state index contributed by atoms with van der Waals surface area (Å²) in [5, 5.41) is 9.45. The van der Waals surface area contributed by atoms with Crippen LogP contribution in [-0.2, 0) is 4.79 Å². The van der Waals surface area contributed by atoms with Crippen LogP contribution in [0.4, 0.5) is 0 Å². The van der Waals surface area contributed by atoms with Crippen molar-refractivity contribution in [2.45, 2.75) is 17.9 Å². The standard InChI is InChI=1S/C7H14NO2S/c1-8(2)6(9)4-5(11-3)7(8)10/h5-6,9H,4H2,1-3H3/q+1. The van der Waals surface area contributed by atoms with Crippen molar-refractivity contribution in [3.05, 3.63) is 0 Å². The Morgan fingerprint density at radius 1 is 1.64 bits per heavy atom. The molecule has 0 saturated carbocycles. The lowest BCUT2D eigenvalue weighted by atomic mass is 10.3. The largest absolute Gasteiger partial charge is 0.344 e. The Morgan fingerprint density at radius 2 is 2.18 bits per heavy atom. The molecule has 1 aliphatic rings. The van der Waals surface area contributed by atoms with Gasteiger partial charge in [-0.1, -0.05) is 0 Å². The molecular formula is C7H14NO2S+. The molecule has 2 unspecified atom stereocenters. The lowest BCUT2D eigenvalue weighted by Gasteiger charge is -2.24. The van der Waals surface area contributed by atoms with Crippen molar-refractivity contribution in [3.63, 3.8) is 0 Å². The number of quaternary nitrogens is 1. The van der Waals surface area contributed by atoms with Gasteiger partial charge in [-0.3, -0.25) is 0 Å². The number of amides is 1. The quantitative estimate of drug-likeness (QED) is 0.573. The second kappa shape index (κ2) is 2.77. The van der Waals surface area contributed by atoms with Gasteiger partial charge in [0.05, 0.1) is 20.5 Å². The summed E-state index contributed by atoms with van der Waals surface area (Å²) in [6, 6.07) is 0. The highest BCUT2D eigenvalue weighted by molar-refractivity contribution is 7.99. The van der Waals surface area contributed by atoms with Crippen molar-refractivity contribution < 1.29 is 14.4 Å². The molecule has 0 aromatic rings. The summed E-state index contributed by atoms with van der Waals surface area (Å²) < 4.78 is 0.117. The second-order valence-corrected chi connectivity index (χ2v) is 4.36. The molecule has 0 bridgehead atoms. The average Bonchev–Trinajstić information content (AvgIpc) is 2.14. The molecule has 1 heterocycles. The topological polar surface area (TPSA) is 37.3 Å². The van der Waals surface area contributed by atoms with Crippen LogP contribution in [0.5, 0.6) is 0 Å². The molecule has 1 rings (SSSR count). The normalized spacial score (nSPS) is 36.2. The molecule has 0 aliphatic carbocycles. The van der Waals surface area contributed by atoms with Crippen molar-refractivity contribution in [3.8, 4) is 0 Å². The minimum Gasteiger partial charge on any atom is -0.344 e. The van der Waals surface area contributed by atoms with Crippen LogP contribution in [0.15, 0.2) is 0 Å². The number of carbonyl (C=O) groups is 1. The molecule has 64 valence electrons. The van der Waals surface area contributed by atoms with Gasteiger partial charge >= 0.3 is 5.91 Å². The van der Waals surface area contributed by atoms with Gasteiger partial charge in [-0.15, -0.1) is 11.8 Å². The van der Waals surface area contributed by atoms with E-state index < -0.39 is 6.23 Å². The lowest BCUT2D eigenvalue weighted by molar-refractivity contribution is -0.855. The molecule has 1 saturated heterocycles. The van der Waals surface area contributed by atoms with E-state index in [1.807, 2.05) is 6.26 Å². The third kappa shape index (κ3) is 1.30. The molecule has 1 fully saturated rings. The summed E-state index contributed by atoms with van der Waals surface area (Å²) >= 11 is 1.52. The lowest BCUT2D eigenvalue weighted by Crippen LogP contribution is -2.48. The van der Waals surface area contributed by atoms with E-state index in [2.05, 4.69) is 0 Å². The number of aliphatic hydroxyl groups is 1. The molecule has 1 aliphatic heterocycles. The zero-order chi connectivity index (χ0) is 8.65. The van der Waals surface area contributed by atoms with Crippen LogP contribution in [0.1, 0.15) is 6.42 Å². The number of thioether (sulfide) groups is 1. The molecule has 0 spiro atoms. The van der Waals surface area contributed by atoms with Crippen molar-refractivity contribution in [1.29, 1.82) is 0 Å².